The molecule has 0 aliphatic carbocycles. The maximum Gasteiger partial charge on any atom is 0.326 e. The van der Waals surface area contributed by atoms with Crippen molar-refractivity contribution in [2.24, 2.45) is 0 Å². The van der Waals surface area contributed by atoms with Crippen molar-refractivity contribution in [1.29, 1.82) is 0 Å². The average molecular weight is 303 g/mol. The zero-order valence-corrected chi connectivity index (χ0v) is 11.8. The van der Waals surface area contributed by atoms with Crippen molar-refractivity contribution in [3.63, 3.8) is 0 Å². The molecule has 0 saturated heterocycles. The van der Waals surface area contributed by atoms with Crippen LogP contribution in [0.1, 0.15) is 6.92 Å². The second kappa shape index (κ2) is 7.66. The number of hydrogen-bond acceptors (Lipinski definition) is 6. The fraction of sp³-hybridized carbons (Fsp3) is 0.417. The summed E-state index contributed by atoms with van der Waals surface area (Å²) in [6.45, 7) is 1.83. The molecule has 0 fully saturated rings. The normalized spacial score (nSPS) is 11.8. The molecule has 1 aromatic carbocycles. The van der Waals surface area contributed by atoms with Gasteiger partial charge in [-0.2, -0.15) is 0 Å². The molecule has 0 radical (unpaired) electrons. The smallest absolute Gasteiger partial charge is 0.326 e. The molecule has 0 aliphatic heterocycles. The number of nitro benzene ring substituents is 1. The lowest BCUT2D eigenvalue weighted by molar-refractivity contribution is -0.385. The van der Waals surface area contributed by atoms with Gasteiger partial charge in [0.05, 0.1) is 11.5 Å². The molecular formula is C12H15ClN2O5. The molecule has 0 saturated carbocycles. The van der Waals surface area contributed by atoms with E-state index in [0.29, 0.717) is 5.02 Å². The first-order valence-corrected chi connectivity index (χ1v) is 6.28. The van der Waals surface area contributed by atoms with Crippen molar-refractivity contribution in [2.45, 2.75) is 13.0 Å². The number of carbonyl (C=O) groups is 1. The van der Waals surface area contributed by atoms with E-state index in [4.69, 9.17) is 21.1 Å². The molecule has 0 spiro atoms. The largest absolute Gasteiger partial charge is 0.484 e. The number of likely N-dealkylation sites (N-methyl/N-ethyl adjacent to an activating group) is 1. The third-order valence-electron chi connectivity index (χ3n) is 2.44. The second-order valence-corrected chi connectivity index (χ2v) is 4.21. The Bertz CT molecular complexity index is 495. The predicted octanol–water partition coefficient (Wildman–Crippen LogP) is 1.78. The first-order chi connectivity index (χ1) is 9.49. The van der Waals surface area contributed by atoms with E-state index in [0.717, 1.165) is 0 Å². The first-order valence-electron chi connectivity index (χ1n) is 5.90. The van der Waals surface area contributed by atoms with Gasteiger partial charge in [-0.3, -0.25) is 14.9 Å². The number of benzene rings is 1. The minimum Gasteiger partial charge on any atom is -0.484 e. The van der Waals surface area contributed by atoms with Crippen LogP contribution in [-0.2, 0) is 9.53 Å². The minimum atomic E-state index is -0.714. The van der Waals surface area contributed by atoms with Crippen LogP contribution in [0.5, 0.6) is 5.75 Å². The molecular weight excluding hydrogens is 288 g/mol. The van der Waals surface area contributed by atoms with Crippen LogP contribution in [0.4, 0.5) is 5.69 Å². The Morgan fingerprint density at radius 2 is 2.25 bits per heavy atom. The van der Waals surface area contributed by atoms with Crippen LogP contribution in [0.2, 0.25) is 5.02 Å². The Labute approximate surface area is 121 Å². The van der Waals surface area contributed by atoms with Gasteiger partial charge in [-0.15, -0.1) is 0 Å². The van der Waals surface area contributed by atoms with Crippen molar-refractivity contribution in [1.82, 2.24) is 5.32 Å². The Morgan fingerprint density at radius 1 is 1.55 bits per heavy atom. The third-order valence-corrected chi connectivity index (χ3v) is 2.68. The summed E-state index contributed by atoms with van der Waals surface area (Å²) in [7, 11) is 1.57. The van der Waals surface area contributed by atoms with E-state index >= 15 is 0 Å². The van der Waals surface area contributed by atoms with E-state index in [2.05, 4.69) is 5.32 Å². The van der Waals surface area contributed by atoms with Crippen LogP contribution in [-0.4, -0.2) is 37.2 Å². The zero-order chi connectivity index (χ0) is 15.1. The highest BCUT2D eigenvalue weighted by Crippen LogP contribution is 2.29. The number of nitrogens with zero attached hydrogens (tertiary/aromatic N) is 1. The summed E-state index contributed by atoms with van der Waals surface area (Å²) in [5, 5.41) is 13.9. The van der Waals surface area contributed by atoms with Gasteiger partial charge in [0.15, 0.2) is 5.75 Å². The standard InChI is InChI=1S/C12H15ClN2O5/c1-3-19-12(16)9(14-2)7-20-11-6-8(13)4-5-10(11)15(17)18/h4-6,9,14H,3,7H2,1-2H3. The Balaban J connectivity index is 2.80. The highest BCUT2D eigenvalue weighted by molar-refractivity contribution is 6.30. The highest BCUT2D eigenvalue weighted by atomic mass is 35.5. The number of halogens is 1. The van der Waals surface area contributed by atoms with Crippen molar-refractivity contribution >= 4 is 23.3 Å². The summed E-state index contributed by atoms with van der Waals surface area (Å²) in [6, 6.07) is 3.26. The highest BCUT2D eigenvalue weighted by Gasteiger charge is 2.21. The first kappa shape index (κ1) is 16.2. The van der Waals surface area contributed by atoms with E-state index in [1.165, 1.54) is 18.2 Å². The van der Waals surface area contributed by atoms with Crippen LogP contribution in [0.3, 0.4) is 0 Å². The molecule has 1 N–H and O–H groups in total. The van der Waals surface area contributed by atoms with Gasteiger partial charge in [0, 0.05) is 17.2 Å². The lowest BCUT2D eigenvalue weighted by atomic mass is 10.3. The fourth-order valence-corrected chi connectivity index (χ4v) is 1.60. The molecule has 0 heterocycles. The van der Waals surface area contributed by atoms with E-state index in [9.17, 15) is 14.9 Å². The molecule has 1 rings (SSSR count). The molecule has 0 bridgehead atoms. The van der Waals surface area contributed by atoms with Gasteiger partial charge in [-0.25, -0.2) is 0 Å². The maximum atomic E-state index is 11.6. The minimum absolute atomic E-state index is 0.00653. The molecule has 0 aromatic heterocycles. The van der Waals surface area contributed by atoms with Gasteiger partial charge >= 0.3 is 11.7 Å². The van der Waals surface area contributed by atoms with Crippen LogP contribution in [0.25, 0.3) is 0 Å². The van der Waals surface area contributed by atoms with E-state index in [1.807, 2.05) is 0 Å². The molecule has 7 nitrogen and oxygen atoms in total. The molecule has 1 unspecified atom stereocenters. The lowest BCUT2D eigenvalue weighted by Gasteiger charge is -2.15. The number of nitrogens with one attached hydrogen (secondary N) is 1. The average Bonchev–Trinajstić information content (AvgIpc) is 2.39. The topological polar surface area (TPSA) is 90.7 Å². The third kappa shape index (κ3) is 4.36. The van der Waals surface area contributed by atoms with E-state index in [-0.39, 0.29) is 24.7 Å². The molecule has 110 valence electrons. The number of hydrogen-bond donors (Lipinski definition) is 1. The number of ether oxygens (including phenoxy) is 2. The van der Waals surface area contributed by atoms with Crippen molar-refractivity contribution in [2.75, 3.05) is 20.3 Å². The van der Waals surface area contributed by atoms with Gasteiger partial charge in [0.2, 0.25) is 0 Å². The van der Waals surface area contributed by atoms with Crippen molar-refractivity contribution in [3.8, 4) is 5.75 Å². The van der Waals surface area contributed by atoms with E-state index < -0.39 is 16.9 Å². The van der Waals surface area contributed by atoms with Crippen LogP contribution < -0.4 is 10.1 Å². The number of esters is 1. The van der Waals surface area contributed by atoms with Gasteiger partial charge in [0.1, 0.15) is 12.6 Å². The molecule has 0 amide bonds. The van der Waals surface area contributed by atoms with E-state index in [1.54, 1.807) is 14.0 Å². The van der Waals surface area contributed by atoms with Crippen molar-refractivity contribution < 1.29 is 19.2 Å². The quantitative estimate of drug-likeness (QED) is 0.469. The van der Waals surface area contributed by atoms with Crippen molar-refractivity contribution in [3.05, 3.63) is 33.3 Å². The molecule has 20 heavy (non-hydrogen) atoms. The SMILES string of the molecule is CCOC(=O)C(COc1cc(Cl)ccc1[N+](=O)[O-])NC. The molecule has 0 aliphatic rings. The summed E-state index contributed by atoms with van der Waals surface area (Å²) < 4.78 is 10.2. The fourth-order valence-electron chi connectivity index (χ4n) is 1.44. The lowest BCUT2D eigenvalue weighted by Crippen LogP contribution is -2.40. The Kier molecular flexibility index (Phi) is 6.20. The van der Waals surface area contributed by atoms with Gasteiger partial charge in [-0.05, 0) is 20.0 Å². The zero-order valence-electron chi connectivity index (χ0n) is 11.1. The summed E-state index contributed by atoms with van der Waals surface area (Å²) in [4.78, 5) is 21.8. The van der Waals surface area contributed by atoms with Gasteiger partial charge < -0.3 is 14.8 Å². The maximum absolute atomic E-state index is 11.6. The number of rotatable bonds is 7. The van der Waals surface area contributed by atoms with Crippen LogP contribution >= 0.6 is 11.6 Å². The van der Waals surface area contributed by atoms with Gasteiger partial charge in [-0.1, -0.05) is 11.6 Å². The molecule has 8 heteroatoms. The second-order valence-electron chi connectivity index (χ2n) is 3.77. The Morgan fingerprint density at radius 3 is 2.80 bits per heavy atom. The van der Waals surface area contributed by atoms with Crippen LogP contribution in [0.15, 0.2) is 18.2 Å². The summed E-state index contributed by atoms with van der Waals surface area (Å²) in [5.41, 5.74) is -0.215. The predicted molar refractivity (Wildman–Crippen MR) is 73.1 cm³/mol. The molecule has 1 atom stereocenters. The number of carbonyl (C=O) groups excluding carboxylic acids is 1. The van der Waals surface area contributed by atoms with Gasteiger partial charge in [0.25, 0.3) is 0 Å². The summed E-state index contributed by atoms with van der Waals surface area (Å²) in [5.74, 6) is -0.480. The monoisotopic (exact) mass is 302 g/mol. The Hall–Kier alpha value is -1.86. The summed E-state index contributed by atoms with van der Waals surface area (Å²) in [6.07, 6.45) is 0. The summed E-state index contributed by atoms with van der Waals surface area (Å²) >= 11 is 5.77. The number of nitro groups is 1. The molecule has 1 aromatic rings. The van der Waals surface area contributed by atoms with Crippen LogP contribution in [0, 0.1) is 10.1 Å².